The molecule has 178 valence electrons. The van der Waals surface area contributed by atoms with Crippen molar-refractivity contribution >= 4 is 17.6 Å². The van der Waals surface area contributed by atoms with Crippen LogP contribution in [-0.2, 0) is 23.9 Å². The van der Waals surface area contributed by atoms with Crippen molar-refractivity contribution < 1.29 is 27.5 Å². The maximum absolute atomic E-state index is 15.3. The Kier molecular flexibility index (Phi) is 6.67. The van der Waals surface area contributed by atoms with Crippen LogP contribution in [0.3, 0.4) is 0 Å². The number of carboxylic acids is 1. The zero-order valence-corrected chi connectivity index (χ0v) is 18.0. The molecule has 0 spiro atoms. The van der Waals surface area contributed by atoms with Gasteiger partial charge in [-0.25, -0.2) is 9.97 Å². The number of anilines is 2. The van der Waals surface area contributed by atoms with E-state index >= 15 is 4.39 Å². The van der Waals surface area contributed by atoms with E-state index < -0.39 is 23.5 Å². The lowest BCUT2D eigenvalue weighted by Crippen LogP contribution is -2.25. The highest BCUT2D eigenvalue weighted by atomic mass is 19.4. The molecule has 4 rings (SSSR count). The van der Waals surface area contributed by atoms with Gasteiger partial charge in [-0.3, -0.25) is 4.79 Å². The minimum absolute atomic E-state index is 0.0117. The molecule has 1 aliphatic heterocycles. The van der Waals surface area contributed by atoms with Gasteiger partial charge in [0.25, 0.3) is 0 Å². The van der Waals surface area contributed by atoms with Crippen LogP contribution in [0, 0.1) is 5.82 Å². The van der Waals surface area contributed by atoms with Crippen molar-refractivity contribution in [1.82, 2.24) is 9.97 Å². The molecule has 0 bridgehead atoms. The van der Waals surface area contributed by atoms with Gasteiger partial charge < -0.3 is 15.3 Å². The van der Waals surface area contributed by atoms with Crippen molar-refractivity contribution in [3.8, 4) is 0 Å². The van der Waals surface area contributed by atoms with Gasteiger partial charge in [0.15, 0.2) is 11.6 Å². The number of rotatable bonds is 7. The third-order valence-electron chi connectivity index (χ3n) is 5.76. The Morgan fingerprint density at radius 3 is 2.38 bits per heavy atom. The lowest BCUT2D eigenvalue weighted by atomic mass is 10.0. The van der Waals surface area contributed by atoms with Crippen LogP contribution in [0.5, 0.6) is 0 Å². The number of hydrogen-bond acceptors (Lipinski definition) is 5. The summed E-state index contributed by atoms with van der Waals surface area (Å²) in [5.41, 5.74) is 1.42. The average Bonchev–Trinajstić information content (AvgIpc) is 3.28. The summed E-state index contributed by atoms with van der Waals surface area (Å²) in [6.45, 7) is 0.785. The molecule has 0 aliphatic carbocycles. The van der Waals surface area contributed by atoms with E-state index in [2.05, 4.69) is 15.3 Å². The second kappa shape index (κ2) is 9.66. The van der Waals surface area contributed by atoms with Gasteiger partial charge in [0, 0.05) is 13.1 Å². The maximum atomic E-state index is 15.3. The highest BCUT2D eigenvalue weighted by molar-refractivity contribution is 5.70. The second-order valence-electron chi connectivity index (χ2n) is 8.07. The molecule has 10 heteroatoms. The van der Waals surface area contributed by atoms with Gasteiger partial charge in [0.1, 0.15) is 6.33 Å². The number of halogens is 4. The summed E-state index contributed by atoms with van der Waals surface area (Å²) in [7, 11) is 0. The van der Waals surface area contributed by atoms with Gasteiger partial charge in [-0.15, -0.1) is 0 Å². The molecule has 2 heterocycles. The Bertz CT molecular complexity index is 1150. The average molecular weight is 474 g/mol. The molecule has 6 nitrogen and oxygen atoms in total. The number of alkyl halides is 3. The second-order valence-corrected chi connectivity index (χ2v) is 8.07. The predicted octanol–water partition coefficient (Wildman–Crippen LogP) is 5.22. The van der Waals surface area contributed by atoms with Gasteiger partial charge in [-0.05, 0) is 41.7 Å². The summed E-state index contributed by atoms with van der Waals surface area (Å²) in [4.78, 5) is 20.7. The zero-order chi connectivity index (χ0) is 24.3. The summed E-state index contributed by atoms with van der Waals surface area (Å²) in [5.74, 6) is -1.45. The number of nitrogens with one attached hydrogen (secondary N) is 1. The molecule has 0 radical (unpaired) electrons. The molecule has 34 heavy (non-hydrogen) atoms. The smallest absolute Gasteiger partial charge is 0.416 e. The number of nitrogens with zero attached hydrogens (tertiary/aromatic N) is 3. The maximum Gasteiger partial charge on any atom is 0.416 e. The molecule has 3 aromatic rings. The van der Waals surface area contributed by atoms with Crippen LogP contribution < -0.4 is 10.2 Å². The number of aliphatic carboxylic acids is 1. The number of carboxylic acid groups (broad SMARTS) is 1. The molecule has 1 aromatic heterocycles. The van der Waals surface area contributed by atoms with E-state index in [1.54, 1.807) is 29.2 Å². The van der Waals surface area contributed by atoms with E-state index in [9.17, 15) is 18.0 Å². The summed E-state index contributed by atoms with van der Waals surface area (Å²) in [6.07, 6.45) is -1.82. The zero-order valence-electron chi connectivity index (χ0n) is 18.0. The lowest BCUT2D eigenvalue weighted by molar-refractivity contribution is -0.138. The molecular formula is C24H22F4N4O2. The quantitative estimate of drug-likeness (QED) is 0.458. The summed E-state index contributed by atoms with van der Waals surface area (Å²) >= 11 is 0. The van der Waals surface area contributed by atoms with Crippen molar-refractivity contribution in [3.63, 3.8) is 0 Å². The van der Waals surface area contributed by atoms with E-state index in [1.807, 2.05) is 0 Å². The molecule has 0 saturated carbocycles. The molecule has 2 N–H and O–H groups in total. The van der Waals surface area contributed by atoms with Crippen LogP contribution in [-0.4, -0.2) is 27.6 Å². The Morgan fingerprint density at radius 2 is 1.74 bits per heavy atom. The molecule has 1 unspecified atom stereocenters. The first-order valence-electron chi connectivity index (χ1n) is 10.7. The highest BCUT2D eigenvalue weighted by Crippen LogP contribution is 2.38. The van der Waals surface area contributed by atoms with Crippen molar-refractivity contribution in [2.75, 3.05) is 16.8 Å². The Balaban J connectivity index is 1.49. The van der Waals surface area contributed by atoms with E-state index in [4.69, 9.17) is 5.11 Å². The summed E-state index contributed by atoms with van der Waals surface area (Å²) in [6, 6.07) is 11.6. The normalized spacial score (nSPS) is 16.0. The monoisotopic (exact) mass is 474 g/mol. The molecule has 0 amide bonds. The summed E-state index contributed by atoms with van der Waals surface area (Å²) < 4.78 is 54.0. The highest BCUT2D eigenvalue weighted by Gasteiger charge is 2.33. The molecule has 1 fully saturated rings. The first-order valence-corrected chi connectivity index (χ1v) is 10.7. The van der Waals surface area contributed by atoms with Crippen LogP contribution >= 0.6 is 0 Å². The first-order chi connectivity index (χ1) is 16.2. The van der Waals surface area contributed by atoms with Crippen LogP contribution in [0.2, 0.25) is 0 Å². The predicted molar refractivity (Wildman–Crippen MR) is 118 cm³/mol. The lowest BCUT2D eigenvalue weighted by Gasteiger charge is -2.27. The van der Waals surface area contributed by atoms with Gasteiger partial charge in [-0.2, -0.15) is 17.6 Å². The third kappa shape index (κ3) is 5.27. The van der Waals surface area contributed by atoms with Crippen molar-refractivity contribution in [2.45, 2.75) is 38.0 Å². The molecule has 2 aromatic carbocycles. The van der Waals surface area contributed by atoms with E-state index in [-0.39, 0.29) is 30.6 Å². The van der Waals surface area contributed by atoms with E-state index in [1.165, 1.54) is 18.5 Å². The fourth-order valence-corrected chi connectivity index (χ4v) is 4.08. The fourth-order valence-electron chi connectivity index (χ4n) is 4.08. The fraction of sp³-hybridized carbons (Fsp3) is 0.292. The van der Waals surface area contributed by atoms with Crippen LogP contribution in [0.4, 0.5) is 29.2 Å². The minimum atomic E-state index is -4.41. The van der Waals surface area contributed by atoms with Crippen molar-refractivity contribution in [2.24, 2.45) is 0 Å². The summed E-state index contributed by atoms with van der Waals surface area (Å²) in [5, 5.41) is 11.8. The Morgan fingerprint density at radius 1 is 1.06 bits per heavy atom. The van der Waals surface area contributed by atoms with Gasteiger partial charge in [0.05, 0.1) is 18.0 Å². The van der Waals surface area contributed by atoms with Crippen molar-refractivity contribution in [3.05, 3.63) is 82.9 Å². The Labute approximate surface area is 193 Å². The number of hydrogen-bond donors (Lipinski definition) is 2. The standard InChI is InChI=1S/C24H22F4N4O2/c25-21-22(29-13-16-5-3-15(4-6-16)12-20(33)34)30-14-31-23(21)32-11-1-2-19(32)17-7-9-18(10-8-17)24(26,27)28/h3-10,14,19H,1-2,11-13H2,(H,33,34)(H,29,30,31). The van der Waals surface area contributed by atoms with Gasteiger partial charge in [0.2, 0.25) is 5.82 Å². The molecule has 1 atom stereocenters. The Hall–Kier alpha value is -3.69. The van der Waals surface area contributed by atoms with Crippen LogP contribution in [0.1, 0.15) is 41.1 Å². The molecule has 1 saturated heterocycles. The van der Waals surface area contributed by atoms with E-state index in [0.717, 1.165) is 24.1 Å². The largest absolute Gasteiger partial charge is 0.481 e. The number of aromatic nitrogens is 2. The van der Waals surface area contributed by atoms with Crippen LogP contribution in [0.15, 0.2) is 54.9 Å². The topological polar surface area (TPSA) is 78.3 Å². The van der Waals surface area contributed by atoms with E-state index in [0.29, 0.717) is 24.1 Å². The van der Waals surface area contributed by atoms with Crippen molar-refractivity contribution in [1.29, 1.82) is 0 Å². The SMILES string of the molecule is O=C(O)Cc1ccc(CNc2ncnc(N3CCCC3c3ccc(C(F)(F)F)cc3)c2F)cc1. The third-order valence-corrected chi connectivity index (χ3v) is 5.76. The van der Waals surface area contributed by atoms with Crippen LogP contribution in [0.25, 0.3) is 0 Å². The van der Waals surface area contributed by atoms with Gasteiger partial charge >= 0.3 is 12.1 Å². The van der Waals surface area contributed by atoms with Gasteiger partial charge in [-0.1, -0.05) is 36.4 Å². The number of benzene rings is 2. The minimum Gasteiger partial charge on any atom is -0.481 e. The first kappa shape index (κ1) is 23.5. The molecule has 1 aliphatic rings. The molecular weight excluding hydrogens is 452 g/mol. The number of carbonyl (C=O) groups is 1.